The van der Waals surface area contributed by atoms with Gasteiger partial charge in [-0.25, -0.2) is 4.98 Å². The Bertz CT molecular complexity index is 5180. The molecule has 6 aromatic rings. The Morgan fingerprint density at radius 3 is 1.68 bits per heavy atom. The van der Waals surface area contributed by atoms with E-state index in [0.717, 1.165) is 14.7 Å². The number of carbonyl (C=O) groups excluding carboxylic acids is 18. The van der Waals surface area contributed by atoms with Crippen LogP contribution in [0.15, 0.2) is 97.7 Å². The summed E-state index contributed by atoms with van der Waals surface area (Å²) in [6, 6.07) is 0.431. The van der Waals surface area contributed by atoms with E-state index in [1.165, 1.54) is 74.7 Å². The second-order valence-electron chi connectivity index (χ2n) is 34.8. The van der Waals surface area contributed by atoms with Gasteiger partial charge in [-0.15, -0.1) is 0 Å². The Morgan fingerprint density at radius 2 is 1.07 bits per heavy atom. The van der Waals surface area contributed by atoms with E-state index in [0.29, 0.717) is 64.2 Å². The molecule has 3 saturated heterocycles. The fourth-order valence-corrected chi connectivity index (χ4v) is 16.8. The number of phenolic OH excluding ortho intramolecular Hbond substituents is 1. The van der Waals surface area contributed by atoms with Crippen LogP contribution in [-0.2, 0) is 112 Å². The number of para-hydroxylation sites is 2. The molecule has 134 heavy (non-hydrogen) atoms. The summed E-state index contributed by atoms with van der Waals surface area (Å²) in [5.74, 6) is -16.6. The van der Waals surface area contributed by atoms with Crippen LogP contribution in [0.2, 0.25) is 0 Å². The summed E-state index contributed by atoms with van der Waals surface area (Å²) < 4.78 is 0. The van der Waals surface area contributed by atoms with Crippen LogP contribution >= 0.6 is 0 Å². The minimum Gasteiger partial charge on any atom is -0.508 e. The molecule has 6 heterocycles. The molecule has 43 nitrogen and oxygen atoms in total. The van der Waals surface area contributed by atoms with Gasteiger partial charge in [-0.05, 0) is 112 Å². The second-order valence-corrected chi connectivity index (χ2v) is 34.8. The van der Waals surface area contributed by atoms with Gasteiger partial charge in [-0.3, -0.25) is 86.3 Å². The summed E-state index contributed by atoms with van der Waals surface area (Å²) in [4.78, 5) is 279. The molecule has 0 aliphatic carbocycles. The van der Waals surface area contributed by atoms with E-state index in [1.807, 2.05) is 13.8 Å². The zero-order valence-corrected chi connectivity index (χ0v) is 76.7. The van der Waals surface area contributed by atoms with Crippen LogP contribution in [-0.4, -0.2) is 306 Å². The third-order valence-electron chi connectivity index (χ3n) is 24.3. The van der Waals surface area contributed by atoms with Crippen molar-refractivity contribution < 1.29 is 96.5 Å². The number of hydrogen-bond acceptors (Lipinski definition) is 22. The number of aromatic hydroxyl groups is 1. The smallest absolute Gasteiger partial charge is 0.246 e. The molecule has 3 aromatic carbocycles. The topological polar surface area (TPSA) is 635 Å². The van der Waals surface area contributed by atoms with Crippen molar-refractivity contribution >= 4 is 128 Å². The molecule has 18 amide bonds. The molecule has 0 spiro atoms. The first-order chi connectivity index (χ1) is 63.8. The van der Waals surface area contributed by atoms with Gasteiger partial charge in [0.25, 0.3) is 0 Å². The lowest BCUT2D eigenvalue weighted by Crippen LogP contribution is -2.60. The van der Waals surface area contributed by atoms with Crippen molar-refractivity contribution in [1.29, 1.82) is 0 Å². The number of fused-ring (bicyclic) bond motifs is 4. The number of likely N-dealkylation sites (N-methyl/N-ethyl adjacent to an activating group) is 3. The summed E-state index contributed by atoms with van der Waals surface area (Å²) >= 11 is 0. The van der Waals surface area contributed by atoms with E-state index in [-0.39, 0.29) is 101 Å². The molecular formula is C91H127N23O20. The van der Waals surface area contributed by atoms with Crippen LogP contribution in [0, 0.1) is 5.92 Å². The minimum atomic E-state index is -1.78. The summed E-state index contributed by atoms with van der Waals surface area (Å²) in [5.41, 5.74) is 19.9. The normalized spacial score (nSPS) is 24.5. The molecule has 3 aromatic heterocycles. The number of imidazole rings is 1. The standard InChI is InChI=1S/C91H127N23O20/c1-9-11-24-70-84(127)106-64(35-50(3)4)82(125)104-62(80(123)99-45-76(94)119)23-17-33-95-46-77(120)102-67(36-52-27-29-56(115)30-28-52)87(130)110(6)51(5)79(122)109-69(41-75(93)118)90(133)113-34-18-26-71(113)85(128)108-66(39-55-44-96-49-101-55)83(126)105-63(31-32-74(92)117)89(132)114-48-57(116)40-73(114)86(129)107-65(37-53-42-97-60-21-15-13-19-58(53)60)81(124)100-47-78(121)103-68(38-54-43-98-61-22-16-14-20-59(54)61)88(131)112(8)72(25-12-10-2)91(134)111(70)7/h13-16,19-22,27-30,42-44,49-51,57,62-73,95,97-98,115-116H,9-12,17-18,23-26,31-41,45-48H2,1-8H3,(H2,92,117)(H2,93,118)(H2,94,119)(H,96,101)(H,99,123)(H,100,124)(H,102,120)(H,103,121)(H,104,125)(H,105,126)(H,106,127)(H,107,129)(H,108,128)(H,109,122)/t51-,57+,62-,63-,64-,65-,66-,67-,68-,69-,70-,71-,72-,73-/m0/s1. The third kappa shape index (κ3) is 29.1. The zero-order valence-electron chi connectivity index (χ0n) is 76.7. The maximum atomic E-state index is 15.6. The SMILES string of the molecule is CCCC[C@H]1C(=O)N(C)[C@@H](CCCC)C(=O)N[C@@H](CC(C)C)C(=O)N[C@H](C(=O)NCC(N)=O)CCCNCC(=O)N[C@@H](Cc2ccc(O)cc2)C(=O)N(C)[C@@H](C)C(=O)N[C@@H](CC(N)=O)C(=O)N2CCC[C@H]2C(=O)N[C@@H](Cc2cnc[nH]2)C(=O)N[C@@H](CCC(N)=O)C(=O)N2C[C@H](O)C[C@H]2C(=O)N[C@@H](Cc2c[nH]c3ccccc23)C(=O)NCC(=O)N[C@@H](Cc2c[nH]c3ccccc23)C(=O)N1C. The molecule has 43 heteroatoms. The van der Waals surface area contributed by atoms with Crippen molar-refractivity contribution in [3.8, 4) is 5.75 Å². The first-order valence-corrected chi connectivity index (χ1v) is 45.3. The number of aliphatic hydroxyl groups excluding tert-OH is 1. The van der Waals surface area contributed by atoms with Crippen LogP contribution in [0.1, 0.15) is 153 Å². The lowest BCUT2D eigenvalue weighted by atomic mass is 9.99. The quantitative estimate of drug-likeness (QED) is 0.0294. The summed E-state index contributed by atoms with van der Waals surface area (Å²) in [7, 11) is 4.03. The van der Waals surface area contributed by atoms with Crippen LogP contribution in [0.3, 0.4) is 0 Å². The first-order valence-electron chi connectivity index (χ1n) is 45.3. The van der Waals surface area contributed by atoms with Crippen molar-refractivity contribution in [1.82, 2.24) is 103 Å². The highest BCUT2D eigenvalue weighted by Gasteiger charge is 2.46. The predicted molar refractivity (Wildman–Crippen MR) is 488 cm³/mol. The van der Waals surface area contributed by atoms with Crippen LogP contribution in [0.5, 0.6) is 5.75 Å². The number of hydrogen-bond donors (Lipinski definition) is 19. The number of benzene rings is 3. The Labute approximate surface area is 774 Å². The molecule has 726 valence electrons. The number of nitrogens with zero attached hydrogens (tertiary/aromatic N) is 6. The number of primary amides is 3. The number of aromatic nitrogens is 4. The van der Waals surface area contributed by atoms with Gasteiger partial charge in [-0.1, -0.05) is 102 Å². The Morgan fingerprint density at radius 1 is 0.522 bits per heavy atom. The largest absolute Gasteiger partial charge is 0.508 e. The number of nitrogens with two attached hydrogens (primary N) is 3. The molecule has 9 rings (SSSR count). The number of aliphatic hydroxyl groups is 1. The van der Waals surface area contributed by atoms with Gasteiger partial charge < -0.3 is 125 Å². The Hall–Kier alpha value is -13.9. The van der Waals surface area contributed by atoms with Crippen molar-refractivity contribution in [2.45, 2.75) is 241 Å². The number of carbonyl (C=O) groups is 18. The molecule has 3 aliphatic heterocycles. The van der Waals surface area contributed by atoms with E-state index < -0.39 is 243 Å². The molecule has 0 unspecified atom stereocenters. The van der Waals surface area contributed by atoms with Crippen LogP contribution in [0.25, 0.3) is 21.8 Å². The fourth-order valence-electron chi connectivity index (χ4n) is 16.8. The number of unbranched alkanes of at least 4 members (excludes halogenated alkanes) is 2. The number of H-pyrrole nitrogens is 3. The number of aromatic amines is 3. The molecule has 22 N–H and O–H groups in total. The van der Waals surface area contributed by atoms with Gasteiger partial charge in [0, 0.05) is 119 Å². The molecule has 14 atom stereocenters. The maximum absolute atomic E-state index is 15.6. The van der Waals surface area contributed by atoms with Crippen LogP contribution in [0.4, 0.5) is 0 Å². The molecular weight excluding hydrogens is 1740 g/mol. The van der Waals surface area contributed by atoms with Gasteiger partial charge in [0.1, 0.15) is 84.3 Å². The molecule has 0 bridgehead atoms. The van der Waals surface area contributed by atoms with E-state index in [2.05, 4.69) is 78.4 Å². The fraction of sp³-hybridized carbons (Fsp3) is 0.527. The Balaban J connectivity index is 1.06. The average molecular weight is 1860 g/mol. The zero-order chi connectivity index (χ0) is 97.7. The van der Waals surface area contributed by atoms with Gasteiger partial charge in [0.05, 0.1) is 38.5 Å². The summed E-state index contributed by atoms with van der Waals surface area (Å²) in [5, 5.41) is 52.4. The first kappa shape index (κ1) is 104. The van der Waals surface area contributed by atoms with Crippen molar-refractivity contribution in [2.75, 3.05) is 60.4 Å². The average Bonchev–Trinajstić information content (AvgIpc) is 1.51. The lowest BCUT2D eigenvalue weighted by Gasteiger charge is -2.36. The van der Waals surface area contributed by atoms with Gasteiger partial charge in [-0.2, -0.15) is 0 Å². The number of amides is 18. The molecule has 3 aliphatic rings. The van der Waals surface area contributed by atoms with E-state index in [4.69, 9.17) is 17.2 Å². The van der Waals surface area contributed by atoms with Gasteiger partial charge in [0.2, 0.25) is 106 Å². The minimum absolute atomic E-state index is 0.00255. The highest BCUT2D eigenvalue weighted by Crippen LogP contribution is 2.28. The van der Waals surface area contributed by atoms with Crippen molar-refractivity contribution in [3.05, 3.63) is 120 Å². The highest BCUT2D eigenvalue weighted by molar-refractivity contribution is 6.02. The molecule has 0 radical (unpaired) electrons. The third-order valence-corrected chi connectivity index (χ3v) is 24.3. The number of rotatable bonds is 24. The number of nitrogens with one attached hydrogen (secondary N) is 14. The van der Waals surface area contributed by atoms with Crippen molar-refractivity contribution in [3.63, 3.8) is 0 Å². The lowest BCUT2D eigenvalue weighted by molar-refractivity contribution is -0.149. The molecule has 3 fully saturated rings. The maximum Gasteiger partial charge on any atom is 0.246 e. The second kappa shape index (κ2) is 49.6. The van der Waals surface area contributed by atoms with E-state index >= 15 is 33.6 Å². The predicted octanol–water partition coefficient (Wildman–Crippen LogP) is -2.65. The highest BCUT2D eigenvalue weighted by atomic mass is 16.3. The van der Waals surface area contributed by atoms with E-state index in [9.17, 15) is 63.0 Å². The van der Waals surface area contributed by atoms with Gasteiger partial charge >= 0.3 is 0 Å². The van der Waals surface area contributed by atoms with E-state index in [1.54, 1.807) is 74.8 Å². The van der Waals surface area contributed by atoms with Crippen molar-refractivity contribution in [2.24, 2.45) is 23.1 Å². The van der Waals surface area contributed by atoms with Gasteiger partial charge in [0.15, 0.2) is 0 Å². The monoisotopic (exact) mass is 1860 g/mol. The number of phenols is 1. The summed E-state index contributed by atoms with van der Waals surface area (Å²) in [6.45, 7) is 6.00. The molecule has 0 saturated carbocycles. The summed E-state index contributed by atoms with van der Waals surface area (Å²) in [6.07, 6.45) is 3.18. The van der Waals surface area contributed by atoms with Crippen LogP contribution < -0.4 is 75.7 Å². The Kier molecular flexibility index (Phi) is 38.4.